The van der Waals surface area contributed by atoms with Crippen molar-refractivity contribution in [2.45, 2.75) is 90.9 Å². The van der Waals surface area contributed by atoms with Crippen LogP contribution in [0.15, 0.2) is 170 Å². The van der Waals surface area contributed by atoms with Crippen molar-refractivity contribution < 1.29 is 0 Å². The lowest BCUT2D eigenvalue weighted by Crippen LogP contribution is -2.56. The molecule has 1 aromatic heterocycles. The number of rotatable bonds is 8. The predicted molar refractivity (Wildman–Crippen MR) is 282 cm³/mol. The third-order valence-corrected chi connectivity index (χ3v) is 16.7. The summed E-state index contributed by atoms with van der Waals surface area (Å²) in [6, 6.07) is 65.4. The number of fused-ring (bicyclic) bond motifs is 3. The Morgan fingerprint density at radius 3 is 1.47 bits per heavy atom. The van der Waals surface area contributed by atoms with E-state index in [4.69, 9.17) is 0 Å². The van der Waals surface area contributed by atoms with Crippen LogP contribution in [0, 0.1) is 53.4 Å². The van der Waals surface area contributed by atoms with E-state index in [1.807, 2.05) is 0 Å². The Labute approximate surface area is 392 Å². The van der Waals surface area contributed by atoms with Crippen LogP contribution < -0.4 is 16.4 Å². The van der Waals surface area contributed by atoms with Gasteiger partial charge in [0.2, 0.25) is 6.71 Å². The van der Waals surface area contributed by atoms with Crippen molar-refractivity contribution in [1.82, 2.24) is 4.57 Å². The number of benzene rings is 8. The second-order valence-electron chi connectivity index (χ2n) is 21.3. The molecule has 324 valence electrons. The first kappa shape index (κ1) is 41.1. The first-order chi connectivity index (χ1) is 32.0. The maximum Gasteiger partial charge on any atom is 0.242 e. The first-order valence-corrected chi connectivity index (χ1v) is 24.6. The van der Waals surface area contributed by atoms with Crippen LogP contribution in [-0.2, 0) is 10.8 Å². The van der Waals surface area contributed by atoms with E-state index in [0.29, 0.717) is 0 Å². The molecular weight excluding hydrogens is 794 g/mol. The fourth-order valence-corrected chi connectivity index (χ4v) is 14.6. The zero-order valence-corrected chi connectivity index (χ0v) is 39.6. The van der Waals surface area contributed by atoms with Crippen LogP contribution in [0.5, 0.6) is 0 Å². The normalized spacial score (nSPS) is 20.9. The third-order valence-electron chi connectivity index (χ3n) is 16.7. The summed E-state index contributed by atoms with van der Waals surface area (Å²) in [6.45, 7) is 13.8. The Bertz CT molecular complexity index is 3210. The highest BCUT2D eigenvalue weighted by Crippen LogP contribution is 2.66. The predicted octanol–water partition coefficient (Wildman–Crippen LogP) is 14.3. The van der Waals surface area contributed by atoms with Crippen LogP contribution in [-0.4, -0.2) is 11.3 Å². The SMILES string of the molecule is Cc1cc(C)c(B(c2cccc(-c3ccc(C45CC6CC(C4)CC(c4ccc(-c7ccc8c(c7)c7ccccc7n8-c7ccccc7)cc4)(C6)C5)cc3)c2)c2c(C)cc(C)cc2C)c(C)c1. The average molecular weight is 854 g/mol. The lowest BCUT2D eigenvalue weighted by atomic mass is 9.34. The fraction of sp³-hybridized carbons (Fsp3) is 0.250. The summed E-state index contributed by atoms with van der Waals surface area (Å²) in [5.41, 5.74) is 24.9. The molecule has 9 aromatic rings. The number of aryl methyl sites for hydroxylation is 6. The van der Waals surface area contributed by atoms with E-state index in [1.54, 1.807) is 11.1 Å². The van der Waals surface area contributed by atoms with Gasteiger partial charge in [0.25, 0.3) is 0 Å². The number of hydrogen-bond donors (Lipinski definition) is 0. The summed E-state index contributed by atoms with van der Waals surface area (Å²) in [4.78, 5) is 0. The van der Waals surface area contributed by atoms with Gasteiger partial charge in [0, 0.05) is 16.5 Å². The van der Waals surface area contributed by atoms with E-state index < -0.39 is 0 Å². The number of para-hydroxylation sites is 2. The summed E-state index contributed by atoms with van der Waals surface area (Å²) in [5.74, 6) is 1.59. The van der Waals surface area contributed by atoms with Crippen LogP contribution in [0.2, 0.25) is 0 Å². The molecule has 4 bridgehead atoms. The summed E-state index contributed by atoms with van der Waals surface area (Å²) in [5, 5.41) is 2.61. The van der Waals surface area contributed by atoms with E-state index in [2.05, 4.69) is 216 Å². The maximum atomic E-state index is 2.52. The van der Waals surface area contributed by atoms with Gasteiger partial charge >= 0.3 is 0 Å². The fourth-order valence-electron chi connectivity index (χ4n) is 14.6. The summed E-state index contributed by atoms with van der Waals surface area (Å²) < 4.78 is 2.41. The average Bonchev–Trinajstić information content (AvgIpc) is 3.64. The molecule has 1 nitrogen and oxygen atoms in total. The van der Waals surface area contributed by atoms with Crippen molar-refractivity contribution in [3.05, 3.63) is 214 Å². The summed E-state index contributed by atoms with van der Waals surface area (Å²) >= 11 is 0. The van der Waals surface area contributed by atoms with Gasteiger partial charge in [-0.15, -0.1) is 0 Å². The lowest BCUT2D eigenvalue weighted by molar-refractivity contribution is -0.0281. The topological polar surface area (TPSA) is 4.93 Å². The first-order valence-electron chi connectivity index (χ1n) is 24.6. The number of nitrogens with zero attached hydrogens (tertiary/aromatic N) is 1. The smallest absolute Gasteiger partial charge is 0.242 e. The summed E-state index contributed by atoms with van der Waals surface area (Å²) in [6.07, 6.45) is 8.01. The van der Waals surface area contributed by atoms with Crippen LogP contribution >= 0.6 is 0 Å². The molecule has 0 N–H and O–H groups in total. The van der Waals surface area contributed by atoms with Gasteiger partial charge in [0.05, 0.1) is 11.0 Å². The molecule has 1 heterocycles. The zero-order valence-electron chi connectivity index (χ0n) is 39.6. The Kier molecular flexibility index (Phi) is 9.73. The molecular formula is C64H60BN. The van der Waals surface area contributed by atoms with Crippen LogP contribution in [0.1, 0.15) is 83.0 Å². The third kappa shape index (κ3) is 6.74. The van der Waals surface area contributed by atoms with Crippen molar-refractivity contribution >= 4 is 44.9 Å². The Hall–Kier alpha value is -6.38. The van der Waals surface area contributed by atoms with Crippen molar-refractivity contribution in [2.24, 2.45) is 11.8 Å². The molecule has 4 aliphatic carbocycles. The summed E-state index contributed by atoms with van der Waals surface area (Å²) in [7, 11) is 0. The highest BCUT2D eigenvalue weighted by molar-refractivity contribution is 6.96. The molecule has 0 radical (unpaired) electrons. The molecule has 66 heavy (non-hydrogen) atoms. The van der Waals surface area contributed by atoms with Crippen molar-refractivity contribution in [3.63, 3.8) is 0 Å². The lowest BCUT2D eigenvalue weighted by Gasteiger charge is -2.63. The molecule has 0 saturated heterocycles. The minimum Gasteiger partial charge on any atom is -0.309 e. The molecule has 4 fully saturated rings. The quantitative estimate of drug-likeness (QED) is 0.134. The molecule has 2 heteroatoms. The molecule has 13 rings (SSSR count). The Morgan fingerprint density at radius 2 is 0.909 bits per heavy atom. The molecule has 0 amide bonds. The van der Waals surface area contributed by atoms with Gasteiger partial charge in [0.1, 0.15) is 0 Å². The van der Waals surface area contributed by atoms with Crippen LogP contribution in [0.25, 0.3) is 49.7 Å². The van der Waals surface area contributed by atoms with Gasteiger partial charge in [0.15, 0.2) is 0 Å². The van der Waals surface area contributed by atoms with Crippen LogP contribution in [0.4, 0.5) is 0 Å². The van der Waals surface area contributed by atoms with Crippen LogP contribution in [0.3, 0.4) is 0 Å². The highest BCUT2D eigenvalue weighted by atomic mass is 15.0. The van der Waals surface area contributed by atoms with Crippen molar-refractivity contribution in [3.8, 4) is 27.9 Å². The minimum atomic E-state index is 0.166. The van der Waals surface area contributed by atoms with Gasteiger partial charge in [-0.25, -0.2) is 0 Å². The molecule has 4 aliphatic rings. The van der Waals surface area contributed by atoms with E-state index >= 15 is 0 Å². The Morgan fingerprint density at radius 1 is 0.424 bits per heavy atom. The number of hydrogen-bond acceptors (Lipinski definition) is 0. The van der Waals surface area contributed by atoms with Crippen molar-refractivity contribution in [2.75, 3.05) is 0 Å². The van der Waals surface area contributed by atoms with Crippen molar-refractivity contribution in [1.29, 1.82) is 0 Å². The van der Waals surface area contributed by atoms with E-state index in [1.165, 1.54) is 138 Å². The van der Waals surface area contributed by atoms with E-state index in [0.717, 1.165) is 11.8 Å². The second-order valence-corrected chi connectivity index (χ2v) is 21.3. The zero-order chi connectivity index (χ0) is 44.9. The molecule has 2 atom stereocenters. The van der Waals surface area contributed by atoms with Gasteiger partial charge in [-0.1, -0.05) is 189 Å². The Balaban J connectivity index is 0.849. The maximum absolute atomic E-state index is 2.52. The molecule has 0 spiro atoms. The standard InChI is InChI=1S/C64H60BN/c1-41-29-43(3)61(44(4)30-41)65(62-45(5)31-42(2)32-46(62)6)55-14-12-13-51(34-55)49-19-24-53(25-20-49)63-36-47-33-48(37-63)39-64(38-47,40-63)54-26-21-50(22-27-54)52-23-28-60-58(35-52)57-17-10-11-18-59(57)66(60)56-15-8-7-9-16-56/h7-32,34-35,47-48H,33,36-40H2,1-6H3. The second kappa shape index (κ2) is 15.6. The monoisotopic (exact) mass is 853 g/mol. The van der Waals surface area contributed by atoms with Gasteiger partial charge < -0.3 is 4.57 Å². The largest absolute Gasteiger partial charge is 0.309 e. The molecule has 0 aliphatic heterocycles. The molecule has 8 aromatic carbocycles. The van der Waals surface area contributed by atoms with Gasteiger partial charge in [-0.2, -0.15) is 0 Å². The molecule has 2 unspecified atom stereocenters. The van der Waals surface area contributed by atoms with Gasteiger partial charge in [-0.3, -0.25) is 0 Å². The van der Waals surface area contributed by atoms with E-state index in [-0.39, 0.29) is 17.5 Å². The molecule has 4 saturated carbocycles. The minimum absolute atomic E-state index is 0.166. The van der Waals surface area contributed by atoms with E-state index in [9.17, 15) is 0 Å². The van der Waals surface area contributed by atoms with Gasteiger partial charge in [-0.05, 0) is 166 Å². The number of aromatic nitrogens is 1. The highest BCUT2D eigenvalue weighted by Gasteiger charge is 2.58.